The molecular weight excluding hydrogens is 218 g/mol. The zero-order chi connectivity index (χ0) is 11.7. The lowest BCUT2D eigenvalue weighted by atomic mass is 9.99. The maximum atomic E-state index is 4.35. The molecule has 5 aromatic rings. The predicted octanol–water partition coefficient (Wildman–Crippen LogP) is 4.57. The molecule has 1 aromatic heterocycles. The second-order valence-electron chi connectivity index (χ2n) is 4.93. The van der Waals surface area contributed by atoms with Gasteiger partial charge in [-0.05, 0) is 44.5 Å². The molecule has 82 valence electrons. The smallest absolute Gasteiger partial charge is 0.0901 e. The Bertz CT molecular complexity index is 1010. The van der Waals surface area contributed by atoms with E-state index >= 15 is 0 Å². The lowest BCUT2D eigenvalue weighted by Gasteiger charge is -2.04. The summed E-state index contributed by atoms with van der Waals surface area (Å²) in [6, 6.07) is 19.8. The van der Waals surface area contributed by atoms with Crippen LogP contribution in [0.5, 0.6) is 0 Å². The summed E-state index contributed by atoms with van der Waals surface area (Å²) in [5.74, 6) is 0. The van der Waals surface area contributed by atoms with Crippen LogP contribution in [0.3, 0.4) is 0 Å². The van der Waals surface area contributed by atoms with Gasteiger partial charge >= 0.3 is 0 Å². The summed E-state index contributed by atoms with van der Waals surface area (Å²) in [5, 5.41) is 7.93. The van der Waals surface area contributed by atoms with Crippen LogP contribution in [0.1, 0.15) is 0 Å². The highest BCUT2D eigenvalue weighted by atomic mass is 14.8. The molecule has 0 N–H and O–H groups in total. The lowest BCUT2D eigenvalue weighted by molar-refractivity contribution is 1.75. The third-order valence-electron chi connectivity index (χ3n) is 3.92. The van der Waals surface area contributed by atoms with Gasteiger partial charge in [-0.1, -0.05) is 42.5 Å². The molecule has 0 aliphatic rings. The number of benzene rings is 3. The first-order chi connectivity index (χ1) is 8.90. The number of fused-ring (bicyclic) bond motifs is 6. The molecule has 0 fully saturated rings. The van der Waals surface area contributed by atoms with E-state index in [1.54, 1.807) is 0 Å². The van der Waals surface area contributed by atoms with Crippen molar-refractivity contribution in [2.75, 3.05) is 0 Å². The van der Waals surface area contributed by atoms with Gasteiger partial charge in [-0.15, -0.1) is 0 Å². The van der Waals surface area contributed by atoms with Crippen molar-refractivity contribution in [1.29, 1.82) is 0 Å². The van der Waals surface area contributed by atoms with E-state index in [-0.39, 0.29) is 0 Å². The topological polar surface area (TPSA) is 12.9 Å². The van der Waals surface area contributed by atoms with Gasteiger partial charge in [0.2, 0.25) is 0 Å². The first-order valence-corrected chi connectivity index (χ1v) is 6.17. The van der Waals surface area contributed by atoms with Gasteiger partial charge in [0, 0.05) is 0 Å². The number of aromatic nitrogens is 1. The van der Waals surface area contributed by atoms with Crippen molar-refractivity contribution in [2.45, 2.75) is 0 Å². The predicted molar refractivity (Wildman–Crippen MR) is 76.6 cm³/mol. The van der Waals surface area contributed by atoms with Crippen molar-refractivity contribution >= 4 is 43.4 Å². The largest absolute Gasteiger partial charge is 0.244 e. The molecule has 4 aromatic carbocycles. The van der Waals surface area contributed by atoms with Gasteiger partial charge in [-0.2, -0.15) is 0 Å². The van der Waals surface area contributed by atoms with E-state index < -0.39 is 0 Å². The maximum absolute atomic E-state index is 4.35. The summed E-state index contributed by atoms with van der Waals surface area (Å²) < 4.78 is 0. The molecule has 5 rings (SSSR count). The highest BCUT2D eigenvalue weighted by Gasteiger charge is 2.10. The average molecular weight is 227 g/mol. The normalized spacial score (nSPS) is 12.4. The van der Waals surface area contributed by atoms with E-state index in [1.165, 1.54) is 32.3 Å². The van der Waals surface area contributed by atoms with Crippen molar-refractivity contribution in [3.63, 3.8) is 0 Å². The second-order valence-corrected chi connectivity index (χ2v) is 4.93. The Kier molecular flexibility index (Phi) is 1.30. The average Bonchev–Trinajstić information content (AvgIpc) is 2.98. The molecule has 0 unspecified atom stereocenters. The molecule has 1 heterocycles. The third kappa shape index (κ3) is 0.951. The van der Waals surface area contributed by atoms with Gasteiger partial charge in [0.15, 0.2) is 0 Å². The van der Waals surface area contributed by atoms with Crippen molar-refractivity contribution in [3.8, 4) is 0 Å². The molecule has 1 heteroatoms. The van der Waals surface area contributed by atoms with Crippen LogP contribution in [0.4, 0.5) is 0 Å². The molecule has 0 aliphatic carbocycles. The molecule has 0 saturated carbocycles. The second kappa shape index (κ2) is 2.70. The molecule has 0 amide bonds. The Hall–Kier alpha value is -2.41. The molecular formula is C17H9N. The van der Waals surface area contributed by atoms with Gasteiger partial charge in [0.25, 0.3) is 0 Å². The number of rotatable bonds is 0. The van der Waals surface area contributed by atoms with Gasteiger partial charge in [-0.3, -0.25) is 0 Å². The Morgan fingerprint density at radius 3 is 2.28 bits per heavy atom. The summed E-state index contributed by atoms with van der Waals surface area (Å²) in [5.41, 5.74) is 2.30. The molecule has 0 bridgehead atoms. The van der Waals surface area contributed by atoms with Gasteiger partial charge in [-0.25, -0.2) is 4.98 Å². The van der Waals surface area contributed by atoms with Crippen molar-refractivity contribution in [1.82, 2.24) is 4.98 Å². The van der Waals surface area contributed by atoms with Crippen LogP contribution in [-0.4, -0.2) is 4.98 Å². The summed E-state index contributed by atoms with van der Waals surface area (Å²) in [6.07, 6.45) is 0. The van der Waals surface area contributed by atoms with Crippen LogP contribution in [0, 0.1) is 0 Å². The van der Waals surface area contributed by atoms with E-state index in [0.717, 1.165) is 11.0 Å². The Morgan fingerprint density at radius 1 is 0.556 bits per heavy atom. The summed E-state index contributed by atoms with van der Waals surface area (Å²) >= 11 is 0. The summed E-state index contributed by atoms with van der Waals surface area (Å²) in [4.78, 5) is 4.35. The minimum Gasteiger partial charge on any atom is -0.244 e. The zero-order valence-corrected chi connectivity index (χ0v) is 9.64. The van der Waals surface area contributed by atoms with Gasteiger partial charge in [0.1, 0.15) is 0 Å². The van der Waals surface area contributed by atoms with E-state index in [4.69, 9.17) is 0 Å². The van der Waals surface area contributed by atoms with Crippen molar-refractivity contribution in [2.24, 2.45) is 0 Å². The van der Waals surface area contributed by atoms with E-state index in [9.17, 15) is 0 Å². The summed E-state index contributed by atoms with van der Waals surface area (Å²) in [7, 11) is 0. The first-order valence-electron chi connectivity index (χ1n) is 6.17. The Labute approximate surface area is 103 Å². The van der Waals surface area contributed by atoms with Crippen molar-refractivity contribution < 1.29 is 0 Å². The highest BCUT2D eigenvalue weighted by molar-refractivity contribution is 6.19. The maximum Gasteiger partial charge on any atom is 0.0901 e. The minimum absolute atomic E-state index is 1.15. The monoisotopic (exact) mass is 227 g/mol. The zero-order valence-electron chi connectivity index (χ0n) is 9.64. The quantitative estimate of drug-likeness (QED) is 0.353. The SMILES string of the molecule is c1cc2ccc3c4cc5nc5cc4ccc3c2c1. The lowest BCUT2D eigenvalue weighted by Crippen LogP contribution is -1.77. The third-order valence-corrected chi connectivity index (χ3v) is 3.92. The standard InChI is InChI=1S/C17H9N/c1-2-10-4-6-14-13(12(10)3-1)7-5-11-8-16-17(18-16)9-15(11)14/h1-9H. The summed E-state index contributed by atoms with van der Waals surface area (Å²) in [6.45, 7) is 0. The van der Waals surface area contributed by atoms with E-state index in [1.807, 2.05) is 0 Å². The number of nitrogens with zero attached hydrogens (tertiary/aromatic N) is 1. The fraction of sp³-hybridized carbons (Fsp3) is 0. The Balaban J connectivity index is 2.12. The van der Waals surface area contributed by atoms with Crippen LogP contribution in [0.15, 0.2) is 54.6 Å². The Morgan fingerprint density at radius 2 is 1.33 bits per heavy atom. The number of hydrogen-bond acceptors (Lipinski definition) is 1. The molecule has 18 heavy (non-hydrogen) atoms. The van der Waals surface area contributed by atoms with Crippen LogP contribution < -0.4 is 0 Å². The van der Waals surface area contributed by atoms with E-state index in [0.29, 0.717) is 0 Å². The van der Waals surface area contributed by atoms with Crippen LogP contribution >= 0.6 is 0 Å². The van der Waals surface area contributed by atoms with E-state index in [2.05, 4.69) is 59.6 Å². The highest BCUT2D eigenvalue weighted by Crippen LogP contribution is 2.34. The first kappa shape index (κ1) is 8.65. The molecule has 1 nitrogen and oxygen atoms in total. The van der Waals surface area contributed by atoms with Gasteiger partial charge < -0.3 is 0 Å². The molecule has 0 saturated heterocycles. The van der Waals surface area contributed by atoms with Crippen LogP contribution in [0.25, 0.3) is 43.4 Å². The minimum atomic E-state index is 1.15. The fourth-order valence-electron chi connectivity index (χ4n) is 2.95. The molecule has 0 spiro atoms. The van der Waals surface area contributed by atoms with Crippen molar-refractivity contribution in [3.05, 3.63) is 54.6 Å². The fourth-order valence-corrected chi connectivity index (χ4v) is 2.95. The number of hydrogen-bond donors (Lipinski definition) is 0. The van der Waals surface area contributed by atoms with Crippen LogP contribution in [-0.2, 0) is 0 Å². The molecule has 0 aliphatic heterocycles. The molecule has 0 radical (unpaired) electrons. The molecule has 0 atom stereocenters. The van der Waals surface area contributed by atoms with Gasteiger partial charge in [0.05, 0.1) is 11.0 Å². The van der Waals surface area contributed by atoms with Crippen LogP contribution in [0.2, 0.25) is 0 Å².